The fourth-order valence-corrected chi connectivity index (χ4v) is 5.06. The molecule has 0 bridgehead atoms. The van der Waals surface area contributed by atoms with Gasteiger partial charge in [0.2, 0.25) is 0 Å². The van der Waals surface area contributed by atoms with Crippen LogP contribution in [0.15, 0.2) is 46.6 Å². The van der Waals surface area contributed by atoms with E-state index in [0.717, 1.165) is 0 Å². The summed E-state index contributed by atoms with van der Waals surface area (Å²) in [5.74, 6) is -8.73. The Hall–Kier alpha value is -3.86. The number of carbonyl (C=O) groups is 5. The number of nitrogens with one attached hydrogen (secondary N) is 1. The Morgan fingerprint density at radius 3 is 1.90 bits per heavy atom. The third-order valence-electron chi connectivity index (χ3n) is 6.83. The number of rotatable bonds is 13. The van der Waals surface area contributed by atoms with Crippen molar-refractivity contribution in [1.82, 2.24) is 0 Å². The molecule has 11 nitrogen and oxygen atoms in total. The number of carboxylic acids is 4. The first-order valence-electron chi connectivity index (χ1n) is 13.0. The molecule has 0 heterocycles. The van der Waals surface area contributed by atoms with Gasteiger partial charge in [-0.15, -0.1) is 0 Å². The second-order valence-corrected chi connectivity index (χ2v) is 10.0. The predicted molar refractivity (Wildman–Crippen MR) is 145 cm³/mol. The number of benzene rings is 1. The minimum absolute atomic E-state index is 0.0768. The quantitative estimate of drug-likeness (QED) is 0.197. The van der Waals surface area contributed by atoms with E-state index in [4.69, 9.17) is 16.3 Å². The minimum atomic E-state index is -1.61. The molecule has 0 fully saturated rings. The van der Waals surface area contributed by atoms with Crippen LogP contribution in [-0.4, -0.2) is 56.5 Å². The fourth-order valence-electron chi connectivity index (χ4n) is 4.94. The third kappa shape index (κ3) is 8.57. The van der Waals surface area contributed by atoms with Crippen LogP contribution in [0.4, 0.5) is 10.5 Å². The fraction of sp³-hybridized carbons (Fsp3) is 0.464. The van der Waals surface area contributed by atoms with Gasteiger partial charge in [-0.2, -0.15) is 0 Å². The van der Waals surface area contributed by atoms with Crippen molar-refractivity contribution in [3.05, 3.63) is 51.6 Å². The van der Waals surface area contributed by atoms with Gasteiger partial charge in [0.1, 0.15) is 6.10 Å². The summed E-state index contributed by atoms with van der Waals surface area (Å²) in [5.41, 5.74) is -1.82. The molecule has 1 aromatic carbocycles. The van der Waals surface area contributed by atoms with Crippen LogP contribution < -0.4 is 5.32 Å². The molecule has 0 radical (unpaired) electrons. The van der Waals surface area contributed by atoms with Crippen LogP contribution in [0.25, 0.3) is 0 Å². The van der Waals surface area contributed by atoms with Crippen LogP contribution >= 0.6 is 11.6 Å². The summed E-state index contributed by atoms with van der Waals surface area (Å²) in [7, 11) is 0. The molecule has 40 heavy (non-hydrogen) atoms. The second-order valence-electron chi connectivity index (χ2n) is 9.58. The first-order valence-corrected chi connectivity index (χ1v) is 13.4. The Morgan fingerprint density at radius 2 is 1.40 bits per heavy atom. The number of amides is 1. The van der Waals surface area contributed by atoms with E-state index in [1.165, 1.54) is 24.3 Å². The number of halogens is 1. The normalized spacial score (nSPS) is 22.0. The van der Waals surface area contributed by atoms with Gasteiger partial charge in [0.25, 0.3) is 0 Å². The van der Waals surface area contributed by atoms with Crippen molar-refractivity contribution in [2.75, 3.05) is 5.32 Å². The Bertz CT molecular complexity index is 1190. The van der Waals surface area contributed by atoms with Crippen molar-refractivity contribution in [2.24, 2.45) is 11.8 Å². The van der Waals surface area contributed by atoms with Crippen LogP contribution in [-0.2, 0) is 23.9 Å². The highest BCUT2D eigenvalue weighted by Crippen LogP contribution is 2.40. The number of ether oxygens (including phenoxy) is 1. The smallest absolute Gasteiger partial charge is 0.411 e. The molecule has 3 unspecified atom stereocenters. The summed E-state index contributed by atoms with van der Waals surface area (Å²) in [4.78, 5) is 62.5. The highest BCUT2D eigenvalue weighted by molar-refractivity contribution is 6.30. The number of hydrogen-bond donors (Lipinski definition) is 5. The number of carbonyl (C=O) groups excluding carboxylic acids is 1. The molecule has 0 saturated heterocycles. The lowest BCUT2D eigenvalue weighted by molar-refractivity contribution is -0.138. The zero-order chi connectivity index (χ0) is 30.0. The zero-order valence-corrected chi connectivity index (χ0v) is 23.1. The molecule has 2 rings (SSSR count). The first kappa shape index (κ1) is 32.4. The molecule has 218 valence electrons. The Kier molecular flexibility index (Phi) is 12.2. The van der Waals surface area contributed by atoms with Crippen LogP contribution in [0, 0.1) is 11.8 Å². The molecule has 3 atom stereocenters. The number of carboxylic acid groups (broad SMARTS) is 4. The number of anilines is 1. The molecule has 0 aromatic heterocycles. The van der Waals surface area contributed by atoms with Gasteiger partial charge in [0.15, 0.2) is 0 Å². The number of aliphatic carboxylic acids is 4. The Balaban J connectivity index is 2.70. The van der Waals surface area contributed by atoms with Gasteiger partial charge in [0, 0.05) is 27.8 Å². The summed E-state index contributed by atoms with van der Waals surface area (Å²) in [6, 6.07) is 6.06. The molecule has 0 saturated carbocycles. The summed E-state index contributed by atoms with van der Waals surface area (Å²) in [5, 5.41) is 43.3. The first-order chi connectivity index (χ1) is 18.9. The average molecular weight is 580 g/mol. The van der Waals surface area contributed by atoms with Gasteiger partial charge in [-0.3, -0.25) is 5.32 Å². The van der Waals surface area contributed by atoms with Crippen LogP contribution in [0.5, 0.6) is 0 Å². The van der Waals surface area contributed by atoms with E-state index in [1.807, 2.05) is 13.8 Å². The van der Waals surface area contributed by atoms with Crippen molar-refractivity contribution < 1.29 is 49.1 Å². The van der Waals surface area contributed by atoms with Crippen molar-refractivity contribution >= 4 is 47.3 Å². The molecule has 1 amide bonds. The molecular weight excluding hydrogens is 546 g/mol. The van der Waals surface area contributed by atoms with Gasteiger partial charge in [-0.1, -0.05) is 51.1 Å². The average Bonchev–Trinajstić information content (AvgIpc) is 2.86. The molecule has 1 aliphatic rings. The topological polar surface area (TPSA) is 188 Å². The number of unbranched alkanes of at least 4 members (excludes halogenated alkanes) is 2. The van der Waals surface area contributed by atoms with Crippen LogP contribution in [0.3, 0.4) is 0 Å². The van der Waals surface area contributed by atoms with Crippen molar-refractivity contribution in [2.45, 2.75) is 71.3 Å². The van der Waals surface area contributed by atoms with Crippen LogP contribution in [0.2, 0.25) is 5.02 Å². The van der Waals surface area contributed by atoms with Crippen molar-refractivity contribution in [1.29, 1.82) is 0 Å². The van der Waals surface area contributed by atoms with Crippen LogP contribution in [0.1, 0.15) is 65.2 Å². The Labute approximate surface area is 236 Å². The minimum Gasteiger partial charge on any atom is -0.478 e. The maximum Gasteiger partial charge on any atom is 0.411 e. The monoisotopic (exact) mass is 579 g/mol. The van der Waals surface area contributed by atoms with Gasteiger partial charge in [-0.05, 0) is 55.9 Å². The molecule has 0 spiro atoms. The molecule has 1 aromatic rings. The van der Waals surface area contributed by atoms with E-state index in [1.54, 1.807) is 0 Å². The van der Waals surface area contributed by atoms with Crippen molar-refractivity contribution in [3.8, 4) is 0 Å². The lowest BCUT2D eigenvalue weighted by Gasteiger charge is -2.32. The standard InChI is InChI=1S/C28H34ClNO10/c1-3-5-7-15-13-19(24(31)32)23(27(37)38)18(14-20(25(33)34)22(15)26(35)36)21(8-6-4-2)40-28(39)30-17-11-9-16(29)10-12-17/h9-12,15,18,21H,3-8,13-14H2,1-2H3,(H,30,39)(H,31,32)(H,33,34)(H,35,36)(H,37,38)/b22-20-,23-19-. The summed E-state index contributed by atoms with van der Waals surface area (Å²) < 4.78 is 5.61. The Morgan fingerprint density at radius 1 is 0.850 bits per heavy atom. The lowest BCUT2D eigenvalue weighted by Crippen LogP contribution is -2.37. The van der Waals surface area contributed by atoms with Gasteiger partial charge in [-0.25, -0.2) is 24.0 Å². The number of hydrogen-bond acceptors (Lipinski definition) is 6. The van der Waals surface area contributed by atoms with Gasteiger partial charge in [0.05, 0.1) is 11.1 Å². The zero-order valence-electron chi connectivity index (χ0n) is 22.3. The molecular formula is C28H34ClNO10. The highest BCUT2D eigenvalue weighted by atomic mass is 35.5. The highest BCUT2D eigenvalue weighted by Gasteiger charge is 2.42. The third-order valence-corrected chi connectivity index (χ3v) is 7.08. The van der Waals surface area contributed by atoms with E-state index in [9.17, 15) is 44.4 Å². The summed E-state index contributed by atoms with van der Waals surface area (Å²) >= 11 is 5.87. The van der Waals surface area contributed by atoms with E-state index >= 15 is 0 Å². The maximum absolute atomic E-state index is 12.8. The summed E-state index contributed by atoms with van der Waals surface area (Å²) in [6.45, 7) is 3.67. The SMILES string of the molecule is CCCCC1C/C(C(=O)O)=C(/C(=O)O)C(C(CCCC)OC(=O)Nc2ccc(Cl)cc2)C/C(C(=O)O)=C\1C(=O)O. The predicted octanol–water partition coefficient (Wildman–Crippen LogP) is 5.60. The van der Waals surface area contributed by atoms with Gasteiger partial charge < -0.3 is 25.2 Å². The lowest BCUT2D eigenvalue weighted by atomic mass is 9.73. The second kappa shape index (κ2) is 15.1. The molecule has 1 aliphatic carbocycles. The van der Waals surface area contributed by atoms with Crippen molar-refractivity contribution in [3.63, 3.8) is 0 Å². The van der Waals surface area contributed by atoms with Gasteiger partial charge >= 0.3 is 30.0 Å². The van der Waals surface area contributed by atoms with E-state index in [-0.39, 0.29) is 12.8 Å². The van der Waals surface area contributed by atoms with E-state index in [0.29, 0.717) is 36.4 Å². The van der Waals surface area contributed by atoms with E-state index < -0.39 is 83.0 Å². The summed E-state index contributed by atoms with van der Waals surface area (Å²) in [6.07, 6.45) is -1.04. The molecule has 5 N–H and O–H groups in total. The molecule has 12 heteroatoms. The molecule has 0 aliphatic heterocycles. The largest absolute Gasteiger partial charge is 0.478 e. The maximum atomic E-state index is 12.8. The van der Waals surface area contributed by atoms with E-state index in [2.05, 4.69) is 5.32 Å².